The Morgan fingerprint density at radius 1 is 0.456 bits per heavy atom. The molecule has 0 fully saturated rings. The monoisotopic (exact) mass is 985 g/mol. The van der Waals surface area contributed by atoms with E-state index in [4.69, 9.17) is 23.6 Å². The average molecular weight is 986 g/mol. The predicted octanol–water partition coefficient (Wildman–Crippen LogP) is 17.7. The van der Waals surface area contributed by atoms with Gasteiger partial charge in [-0.25, -0.2) is 4.57 Å². The highest BCUT2D eigenvalue weighted by molar-refractivity contribution is 7.47. The third-order valence-corrected chi connectivity index (χ3v) is 14.1. The Bertz CT molecular complexity index is 1120. The number of aliphatic hydroxyl groups is 2. The lowest BCUT2D eigenvalue weighted by Gasteiger charge is -2.20. The number of aliphatic hydroxyl groups excluding tert-OH is 2. The van der Waals surface area contributed by atoms with Gasteiger partial charge in [-0.15, -0.1) is 0 Å². The molecule has 0 saturated heterocycles. The molecule has 0 rings (SSSR count). The summed E-state index contributed by atoms with van der Waals surface area (Å²) in [5.74, 6) is -0.378. The minimum atomic E-state index is -4.52. The molecule has 0 aromatic rings. The molecule has 3 atom stereocenters. The Morgan fingerprint density at radius 3 is 1.18 bits per heavy atom. The molecule has 0 aliphatic heterocycles. The number of rotatable bonds is 57. The van der Waals surface area contributed by atoms with Crippen LogP contribution in [0.25, 0.3) is 0 Å². The van der Waals surface area contributed by atoms with Crippen molar-refractivity contribution in [3.63, 3.8) is 0 Å². The fourth-order valence-corrected chi connectivity index (χ4v) is 9.47. The number of unbranched alkanes of at least 4 members (excludes halogenated alkanes) is 39. The van der Waals surface area contributed by atoms with E-state index in [2.05, 4.69) is 38.2 Å². The van der Waals surface area contributed by atoms with Crippen LogP contribution in [0.3, 0.4) is 0 Å². The van der Waals surface area contributed by atoms with E-state index >= 15 is 0 Å². The third kappa shape index (κ3) is 54.3. The van der Waals surface area contributed by atoms with Crippen molar-refractivity contribution in [1.29, 1.82) is 0 Å². The van der Waals surface area contributed by atoms with Crippen molar-refractivity contribution in [3.05, 3.63) is 24.3 Å². The largest absolute Gasteiger partial charge is 0.472 e. The lowest BCUT2D eigenvalue weighted by atomic mass is 10.0. The van der Waals surface area contributed by atoms with E-state index in [0.29, 0.717) is 6.61 Å². The topological polar surface area (TPSA) is 132 Å². The molecule has 10 heteroatoms. The molecule has 3 unspecified atom stereocenters. The second-order valence-electron chi connectivity index (χ2n) is 20.0. The van der Waals surface area contributed by atoms with Crippen LogP contribution in [0, 0.1) is 0 Å². The van der Waals surface area contributed by atoms with Crippen molar-refractivity contribution < 1.29 is 43.0 Å². The van der Waals surface area contributed by atoms with E-state index in [9.17, 15) is 19.4 Å². The molecular formula is C58H113O9P. The Morgan fingerprint density at radius 2 is 0.794 bits per heavy atom. The van der Waals surface area contributed by atoms with Gasteiger partial charge in [-0.3, -0.25) is 13.8 Å². The van der Waals surface area contributed by atoms with E-state index in [-0.39, 0.29) is 25.6 Å². The van der Waals surface area contributed by atoms with Crippen LogP contribution < -0.4 is 0 Å². The molecular weight excluding hydrogens is 872 g/mol. The van der Waals surface area contributed by atoms with Crippen molar-refractivity contribution in [2.24, 2.45) is 0 Å². The number of hydrogen-bond donors (Lipinski definition) is 3. The van der Waals surface area contributed by atoms with Gasteiger partial charge < -0.3 is 24.6 Å². The summed E-state index contributed by atoms with van der Waals surface area (Å²) in [5.41, 5.74) is 0. The maximum atomic E-state index is 12.7. The molecule has 0 saturated carbocycles. The molecule has 9 nitrogen and oxygen atoms in total. The van der Waals surface area contributed by atoms with Crippen molar-refractivity contribution in [2.75, 3.05) is 33.0 Å². The summed E-state index contributed by atoms with van der Waals surface area (Å²) in [5, 5.41) is 18.5. The Hall–Kier alpha value is -1.06. The minimum absolute atomic E-state index is 0.0542. The van der Waals surface area contributed by atoms with Crippen molar-refractivity contribution in [2.45, 2.75) is 309 Å². The Labute approximate surface area is 421 Å². The summed E-state index contributed by atoms with van der Waals surface area (Å²) in [7, 11) is -4.52. The first-order valence-corrected chi connectivity index (χ1v) is 30.8. The molecule has 0 amide bonds. The molecule has 0 aliphatic rings. The lowest BCUT2D eigenvalue weighted by Crippen LogP contribution is -2.29. The van der Waals surface area contributed by atoms with Crippen LogP contribution in [0.2, 0.25) is 0 Å². The molecule has 404 valence electrons. The van der Waals surface area contributed by atoms with Crippen molar-refractivity contribution in [3.8, 4) is 0 Å². The maximum Gasteiger partial charge on any atom is 0.472 e. The summed E-state index contributed by atoms with van der Waals surface area (Å²) in [4.78, 5) is 22.8. The van der Waals surface area contributed by atoms with Crippen LogP contribution in [0.4, 0.5) is 0 Å². The number of ether oxygens (including phenoxy) is 2. The summed E-state index contributed by atoms with van der Waals surface area (Å²) in [6.45, 7) is 3.59. The third-order valence-electron chi connectivity index (χ3n) is 13.1. The maximum absolute atomic E-state index is 12.7. The number of allylic oxidation sites excluding steroid dienone is 4. The molecule has 0 bridgehead atoms. The fourth-order valence-electron chi connectivity index (χ4n) is 8.68. The minimum Gasteiger partial charge on any atom is -0.457 e. The SMILES string of the molecule is CCCCCCC/C=C\C/C=C\CCCCCCCCCCCCCC(=O)OC(COCCCCCCCCCCCCCCCCCCCCCCCCCC)COP(=O)(O)OCC(O)CO. The Balaban J connectivity index is 3.97. The van der Waals surface area contributed by atoms with Crippen molar-refractivity contribution >= 4 is 13.8 Å². The number of phosphoric ester groups is 1. The fraction of sp³-hybridized carbons (Fsp3) is 0.914. The van der Waals surface area contributed by atoms with E-state index < -0.39 is 33.2 Å². The number of esters is 1. The zero-order valence-corrected chi connectivity index (χ0v) is 45.7. The Kier molecular flexibility index (Phi) is 54.4. The van der Waals surface area contributed by atoms with Crippen molar-refractivity contribution in [1.82, 2.24) is 0 Å². The predicted molar refractivity (Wildman–Crippen MR) is 288 cm³/mol. The number of hydrogen-bond acceptors (Lipinski definition) is 8. The second kappa shape index (κ2) is 55.3. The first kappa shape index (κ1) is 66.9. The van der Waals surface area contributed by atoms with Crippen LogP contribution in [0.15, 0.2) is 24.3 Å². The number of carbonyl (C=O) groups is 1. The molecule has 68 heavy (non-hydrogen) atoms. The van der Waals surface area contributed by atoms with E-state index in [0.717, 1.165) is 38.5 Å². The van der Waals surface area contributed by atoms with Gasteiger partial charge in [-0.05, 0) is 44.9 Å². The quantitative estimate of drug-likeness (QED) is 0.0236. The van der Waals surface area contributed by atoms with Crippen LogP contribution >= 0.6 is 7.82 Å². The lowest BCUT2D eigenvalue weighted by molar-refractivity contribution is -0.154. The van der Waals surface area contributed by atoms with Crippen LogP contribution in [0.1, 0.15) is 296 Å². The van der Waals surface area contributed by atoms with E-state index in [1.165, 1.54) is 238 Å². The zero-order chi connectivity index (χ0) is 49.5. The summed E-state index contributed by atoms with van der Waals surface area (Å²) < 4.78 is 33.7. The molecule has 0 aromatic carbocycles. The zero-order valence-electron chi connectivity index (χ0n) is 44.9. The van der Waals surface area contributed by atoms with Gasteiger partial charge in [-0.1, -0.05) is 269 Å². The van der Waals surface area contributed by atoms with Gasteiger partial charge in [0.05, 0.1) is 26.4 Å². The molecule has 0 aliphatic carbocycles. The smallest absolute Gasteiger partial charge is 0.457 e. The molecule has 0 heterocycles. The summed E-state index contributed by atoms with van der Waals surface area (Å²) in [6.07, 6.45) is 63.1. The van der Waals surface area contributed by atoms with Gasteiger partial charge >= 0.3 is 13.8 Å². The first-order valence-electron chi connectivity index (χ1n) is 29.3. The molecule has 0 aromatic heterocycles. The van der Waals surface area contributed by atoms with E-state index in [1.807, 2.05) is 0 Å². The highest BCUT2D eigenvalue weighted by Crippen LogP contribution is 2.43. The van der Waals surface area contributed by atoms with Crippen LogP contribution in [-0.4, -0.2) is 66.3 Å². The van der Waals surface area contributed by atoms with Gasteiger partial charge in [-0.2, -0.15) is 0 Å². The number of carbonyl (C=O) groups excluding carboxylic acids is 1. The highest BCUT2D eigenvalue weighted by atomic mass is 31.2. The van der Waals surface area contributed by atoms with Gasteiger partial charge in [0.2, 0.25) is 0 Å². The highest BCUT2D eigenvalue weighted by Gasteiger charge is 2.26. The van der Waals surface area contributed by atoms with Gasteiger partial charge in [0.25, 0.3) is 0 Å². The summed E-state index contributed by atoms with van der Waals surface area (Å²) in [6, 6.07) is 0. The summed E-state index contributed by atoms with van der Waals surface area (Å²) >= 11 is 0. The molecule has 0 radical (unpaired) electrons. The van der Waals surface area contributed by atoms with Gasteiger partial charge in [0.1, 0.15) is 12.2 Å². The average Bonchev–Trinajstić information content (AvgIpc) is 3.33. The molecule has 3 N–H and O–H groups in total. The van der Waals surface area contributed by atoms with Gasteiger partial charge in [0, 0.05) is 13.0 Å². The second-order valence-corrected chi connectivity index (χ2v) is 21.5. The first-order chi connectivity index (χ1) is 33.3. The van der Waals surface area contributed by atoms with E-state index in [1.54, 1.807) is 0 Å². The standard InChI is InChI=1S/C58H113O9P/c1-3-5-7-9-11-13-15-17-19-21-23-25-27-29-31-33-35-37-39-41-43-45-47-49-51-64-54-57(55-66-68(62,63)65-53-56(60)52-59)67-58(61)50-48-46-44-42-40-38-36-34-32-30-28-26-24-22-20-18-16-14-12-10-8-6-4-2/h16,18,22,24,56-57,59-60H,3-15,17,19-21,23,25-55H2,1-2H3,(H,62,63)/b18-16-,24-22-. The van der Waals surface area contributed by atoms with Crippen LogP contribution in [-0.2, 0) is 27.9 Å². The molecule has 0 spiro atoms. The van der Waals surface area contributed by atoms with Gasteiger partial charge in [0.15, 0.2) is 0 Å². The van der Waals surface area contributed by atoms with Crippen LogP contribution in [0.5, 0.6) is 0 Å². The normalized spacial score (nSPS) is 13.8. The number of phosphoric acid groups is 1.